The summed E-state index contributed by atoms with van der Waals surface area (Å²) in [4.78, 5) is 27.6. The number of methoxy groups -OCH3 is 1. The number of ether oxygens (including phenoxy) is 1. The molecule has 6 heteroatoms. The predicted molar refractivity (Wildman–Crippen MR) is 104 cm³/mol. The fraction of sp³-hybridized carbons (Fsp3) is 0.333. The Hall–Kier alpha value is -2.86. The molecule has 3 rings (SSSR count). The van der Waals surface area contributed by atoms with Crippen LogP contribution in [0.25, 0.3) is 0 Å². The lowest BCUT2D eigenvalue weighted by molar-refractivity contribution is -0.133. The van der Waals surface area contributed by atoms with Crippen LogP contribution in [-0.4, -0.2) is 50.0 Å². The summed E-state index contributed by atoms with van der Waals surface area (Å²) < 4.78 is 5.13. The zero-order valence-corrected chi connectivity index (χ0v) is 15.6. The zero-order chi connectivity index (χ0) is 19.2. The summed E-state index contributed by atoms with van der Waals surface area (Å²) in [6.45, 7) is 1.67. The zero-order valence-electron chi connectivity index (χ0n) is 15.6. The van der Waals surface area contributed by atoms with E-state index in [2.05, 4.69) is 10.6 Å². The van der Waals surface area contributed by atoms with E-state index in [4.69, 9.17) is 4.74 Å². The SMILES string of the molecule is COc1ccc(C(=O)NC(C(=O)N(C)C2CCNC2)c2ccccc2)cc1. The number of rotatable bonds is 6. The first-order chi connectivity index (χ1) is 13.1. The Balaban J connectivity index is 1.81. The van der Waals surface area contributed by atoms with E-state index in [-0.39, 0.29) is 17.9 Å². The maximum atomic E-state index is 13.2. The lowest BCUT2D eigenvalue weighted by Gasteiger charge is -2.29. The van der Waals surface area contributed by atoms with Crippen molar-refractivity contribution in [2.45, 2.75) is 18.5 Å². The first-order valence-corrected chi connectivity index (χ1v) is 9.07. The van der Waals surface area contributed by atoms with Gasteiger partial charge in [0, 0.05) is 25.2 Å². The van der Waals surface area contributed by atoms with Gasteiger partial charge in [0.25, 0.3) is 5.91 Å². The molecule has 2 N–H and O–H groups in total. The molecule has 2 aromatic rings. The number of benzene rings is 2. The Labute approximate surface area is 159 Å². The Morgan fingerprint density at radius 3 is 2.44 bits per heavy atom. The molecule has 1 heterocycles. The van der Waals surface area contributed by atoms with Gasteiger partial charge in [-0.1, -0.05) is 30.3 Å². The largest absolute Gasteiger partial charge is 0.497 e. The molecule has 2 aromatic carbocycles. The molecule has 2 unspecified atom stereocenters. The first-order valence-electron chi connectivity index (χ1n) is 9.07. The highest BCUT2D eigenvalue weighted by atomic mass is 16.5. The summed E-state index contributed by atoms with van der Waals surface area (Å²) in [6, 6.07) is 15.6. The van der Waals surface area contributed by atoms with Gasteiger partial charge in [0.15, 0.2) is 0 Å². The second-order valence-corrected chi connectivity index (χ2v) is 6.64. The smallest absolute Gasteiger partial charge is 0.252 e. The summed E-state index contributed by atoms with van der Waals surface area (Å²) >= 11 is 0. The van der Waals surface area contributed by atoms with Crippen molar-refractivity contribution in [2.75, 3.05) is 27.2 Å². The van der Waals surface area contributed by atoms with Gasteiger partial charge in [-0.3, -0.25) is 9.59 Å². The van der Waals surface area contributed by atoms with Crippen molar-refractivity contribution >= 4 is 11.8 Å². The Morgan fingerprint density at radius 2 is 1.85 bits per heavy atom. The van der Waals surface area contributed by atoms with Gasteiger partial charge < -0.3 is 20.3 Å². The van der Waals surface area contributed by atoms with E-state index in [0.717, 1.165) is 25.1 Å². The van der Waals surface area contributed by atoms with Gasteiger partial charge >= 0.3 is 0 Å². The molecule has 0 aromatic heterocycles. The van der Waals surface area contributed by atoms with Crippen LogP contribution >= 0.6 is 0 Å². The molecule has 0 spiro atoms. The molecule has 0 saturated carbocycles. The summed E-state index contributed by atoms with van der Waals surface area (Å²) in [7, 11) is 3.38. The van der Waals surface area contributed by atoms with Crippen LogP contribution in [0.1, 0.15) is 28.4 Å². The summed E-state index contributed by atoms with van der Waals surface area (Å²) in [6.07, 6.45) is 0.913. The minimum absolute atomic E-state index is 0.114. The van der Waals surface area contributed by atoms with E-state index in [1.165, 1.54) is 0 Å². The van der Waals surface area contributed by atoms with E-state index in [1.54, 1.807) is 43.3 Å². The molecule has 2 atom stereocenters. The minimum atomic E-state index is -0.730. The molecule has 1 aliphatic rings. The molecule has 27 heavy (non-hydrogen) atoms. The molecule has 6 nitrogen and oxygen atoms in total. The topological polar surface area (TPSA) is 70.7 Å². The number of hydrogen-bond donors (Lipinski definition) is 2. The van der Waals surface area contributed by atoms with E-state index < -0.39 is 6.04 Å². The number of likely N-dealkylation sites (N-methyl/N-ethyl adjacent to an activating group) is 1. The average Bonchev–Trinajstić information content (AvgIpc) is 3.26. The maximum Gasteiger partial charge on any atom is 0.252 e. The minimum Gasteiger partial charge on any atom is -0.497 e. The van der Waals surface area contributed by atoms with E-state index in [0.29, 0.717) is 11.3 Å². The molecule has 142 valence electrons. The highest BCUT2D eigenvalue weighted by molar-refractivity contribution is 5.98. The van der Waals surface area contributed by atoms with Crippen molar-refractivity contribution in [1.29, 1.82) is 0 Å². The normalized spacial score (nSPS) is 17.2. The van der Waals surface area contributed by atoms with Crippen LogP contribution in [0, 0.1) is 0 Å². The lowest BCUT2D eigenvalue weighted by atomic mass is 10.0. The van der Waals surface area contributed by atoms with Crippen LogP contribution in [0.4, 0.5) is 0 Å². The predicted octanol–water partition coefficient (Wildman–Crippen LogP) is 1.99. The summed E-state index contributed by atoms with van der Waals surface area (Å²) in [5, 5.41) is 6.17. The van der Waals surface area contributed by atoms with Crippen molar-refractivity contribution in [3.05, 3.63) is 65.7 Å². The van der Waals surface area contributed by atoms with Crippen LogP contribution < -0.4 is 15.4 Å². The molecule has 0 radical (unpaired) electrons. The third-order valence-electron chi connectivity index (χ3n) is 4.94. The number of carbonyl (C=O) groups is 2. The molecule has 0 bridgehead atoms. The van der Waals surface area contributed by atoms with Crippen LogP contribution in [0.3, 0.4) is 0 Å². The lowest BCUT2D eigenvalue weighted by Crippen LogP contribution is -2.46. The van der Waals surface area contributed by atoms with Crippen LogP contribution in [0.15, 0.2) is 54.6 Å². The number of amides is 2. The van der Waals surface area contributed by atoms with E-state index >= 15 is 0 Å². The maximum absolute atomic E-state index is 13.2. The highest BCUT2D eigenvalue weighted by Gasteiger charge is 2.31. The van der Waals surface area contributed by atoms with Crippen LogP contribution in [0.2, 0.25) is 0 Å². The first kappa shape index (κ1) is 18.9. The molecule has 1 aliphatic heterocycles. The Kier molecular flexibility index (Phi) is 6.08. The van der Waals surface area contributed by atoms with E-state index in [1.807, 2.05) is 30.3 Å². The van der Waals surface area contributed by atoms with Crippen LogP contribution in [-0.2, 0) is 4.79 Å². The van der Waals surface area contributed by atoms with Crippen molar-refractivity contribution in [3.8, 4) is 5.75 Å². The monoisotopic (exact) mass is 367 g/mol. The Bertz CT molecular complexity index is 771. The standard InChI is InChI=1S/C21H25N3O3/c1-24(17-12-13-22-14-17)21(26)19(15-6-4-3-5-7-15)23-20(25)16-8-10-18(27-2)11-9-16/h3-11,17,19,22H,12-14H2,1-2H3,(H,23,25). The highest BCUT2D eigenvalue weighted by Crippen LogP contribution is 2.20. The molecule has 1 fully saturated rings. The molecule has 0 aliphatic carbocycles. The molecular weight excluding hydrogens is 342 g/mol. The summed E-state index contributed by atoms with van der Waals surface area (Å²) in [5.41, 5.74) is 1.25. The third-order valence-corrected chi connectivity index (χ3v) is 4.94. The fourth-order valence-corrected chi connectivity index (χ4v) is 3.24. The number of carbonyl (C=O) groups excluding carboxylic acids is 2. The number of hydrogen-bond acceptors (Lipinski definition) is 4. The quantitative estimate of drug-likeness (QED) is 0.819. The van der Waals surface area contributed by atoms with Crippen molar-refractivity contribution < 1.29 is 14.3 Å². The van der Waals surface area contributed by atoms with E-state index in [9.17, 15) is 9.59 Å². The number of nitrogens with one attached hydrogen (secondary N) is 2. The number of nitrogens with zero attached hydrogens (tertiary/aromatic N) is 1. The fourth-order valence-electron chi connectivity index (χ4n) is 3.24. The van der Waals surface area contributed by atoms with Crippen LogP contribution in [0.5, 0.6) is 5.75 Å². The van der Waals surface area contributed by atoms with Gasteiger partial charge in [0.2, 0.25) is 5.91 Å². The van der Waals surface area contributed by atoms with Gasteiger partial charge in [-0.25, -0.2) is 0 Å². The molecular formula is C21H25N3O3. The van der Waals surface area contributed by atoms with Gasteiger partial charge in [-0.05, 0) is 42.8 Å². The van der Waals surface area contributed by atoms with Crippen molar-refractivity contribution in [2.24, 2.45) is 0 Å². The second kappa shape index (κ2) is 8.68. The molecule has 2 amide bonds. The third kappa shape index (κ3) is 4.46. The van der Waals surface area contributed by atoms with Gasteiger partial charge in [0.05, 0.1) is 7.11 Å². The van der Waals surface area contributed by atoms with Crippen molar-refractivity contribution in [3.63, 3.8) is 0 Å². The second-order valence-electron chi connectivity index (χ2n) is 6.64. The Morgan fingerprint density at radius 1 is 1.15 bits per heavy atom. The molecule has 1 saturated heterocycles. The van der Waals surface area contributed by atoms with Crippen molar-refractivity contribution in [1.82, 2.24) is 15.5 Å². The van der Waals surface area contributed by atoms with Gasteiger partial charge in [0.1, 0.15) is 11.8 Å². The average molecular weight is 367 g/mol. The summed E-state index contributed by atoms with van der Waals surface area (Å²) in [5.74, 6) is 0.269. The van der Waals surface area contributed by atoms with Gasteiger partial charge in [-0.2, -0.15) is 0 Å². The van der Waals surface area contributed by atoms with Gasteiger partial charge in [-0.15, -0.1) is 0 Å².